The maximum Gasteiger partial charge on any atom is 0.253 e. The number of halogens is 2. The minimum atomic E-state index is -3.62. The van der Waals surface area contributed by atoms with Gasteiger partial charge < -0.3 is 4.90 Å². The molecule has 1 saturated heterocycles. The Labute approximate surface area is 216 Å². The molecule has 6 nitrogen and oxygen atoms in total. The van der Waals surface area contributed by atoms with Crippen molar-refractivity contribution in [2.24, 2.45) is 0 Å². The van der Waals surface area contributed by atoms with E-state index in [-0.39, 0.29) is 12.5 Å². The first-order valence-corrected chi connectivity index (χ1v) is 13.9. The maximum atomic E-state index is 13.1. The minimum Gasteiger partial charge on any atom is -0.336 e. The molecule has 0 unspecified atom stereocenters. The second-order valence-electron chi connectivity index (χ2n) is 8.57. The summed E-state index contributed by atoms with van der Waals surface area (Å²) in [6, 6.07) is 22.0. The Bertz CT molecular complexity index is 1260. The first-order valence-electron chi connectivity index (χ1n) is 11.3. The summed E-state index contributed by atoms with van der Waals surface area (Å²) in [7, 11) is -3.62. The van der Waals surface area contributed by atoms with Gasteiger partial charge >= 0.3 is 0 Å². The van der Waals surface area contributed by atoms with E-state index in [1.54, 1.807) is 42.5 Å². The third kappa shape index (κ3) is 6.35. The highest BCUT2D eigenvalue weighted by atomic mass is 35.5. The maximum absolute atomic E-state index is 13.1. The summed E-state index contributed by atoms with van der Waals surface area (Å²) < 4.78 is 26.3. The molecular weight excluding hydrogens is 505 g/mol. The van der Waals surface area contributed by atoms with Crippen molar-refractivity contribution in [2.45, 2.75) is 13.1 Å². The zero-order valence-electron chi connectivity index (χ0n) is 19.4. The van der Waals surface area contributed by atoms with Gasteiger partial charge in [-0.2, -0.15) is 0 Å². The number of hydrogen-bond donors (Lipinski definition) is 0. The normalized spacial score (nSPS) is 14.7. The summed E-state index contributed by atoms with van der Waals surface area (Å²) in [6.07, 6.45) is 1.13. The van der Waals surface area contributed by atoms with E-state index in [4.69, 9.17) is 23.2 Å². The second kappa shape index (κ2) is 11.0. The Kier molecular flexibility index (Phi) is 8.02. The van der Waals surface area contributed by atoms with Gasteiger partial charge in [0.2, 0.25) is 10.0 Å². The van der Waals surface area contributed by atoms with Crippen molar-refractivity contribution in [1.29, 1.82) is 0 Å². The molecule has 3 aromatic carbocycles. The molecule has 0 spiro atoms. The Morgan fingerprint density at radius 2 is 1.46 bits per heavy atom. The Balaban J connectivity index is 1.43. The summed E-state index contributed by atoms with van der Waals surface area (Å²) in [5.41, 5.74) is 2.74. The number of piperazine rings is 1. The van der Waals surface area contributed by atoms with Crippen LogP contribution in [0.3, 0.4) is 0 Å². The average molecular weight is 532 g/mol. The molecule has 1 aliphatic heterocycles. The Hall–Kier alpha value is -2.58. The van der Waals surface area contributed by atoms with Crippen molar-refractivity contribution in [1.82, 2.24) is 9.80 Å². The van der Waals surface area contributed by atoms with Crippen LogP contribution in [0.4, 0.5) is 5.69 Å². The van der Waals surface area contributed by atoms with Crippen LogP contribution in [-0.4, -0.2) is 56.6 Å². The molecule has 1 amide bonds. The van der Waals surface area contributed by atoms with Crippen molar-refractivity contribution < 1.29 is 13.2 Å². The molecule has 0 N–H and O–H groups in total. The van der Waals surface area contributed by atoms with Crippen LogP contribution >= 0.6 is 23.2 Å². The monoisotopic (exact) mass is 531 g/mol. The number of carbonyl (C=O) groups excluding carboxylic acids is 1. The number of rotatable bonds is 7. The molecule has 9 heteroatoms. The van der Waals surface area contributed by atoms with Crippen LogP contribution in [0.1, 0.15) is 21.5 Å². The highest BCUT2D eigenvalue weighted by Crippen LogP contribution is 2.29. The molecule has 0 saturated carbocycles. The second-order valence-corrected chi connectivity index (χ2v) is 11.3. The summed E-state index contributed by atoms with van der Waals surface area (Å²) in [4.78, 5) is 17.2. The zero-order chi connectivity index (χ0) is 25.0. The van der Waals surface area contributed by atoms with E-state index >= 15 is 0 Å². The average Bonchev–Trinajstić information content (AvgIpc) is 2.84. The van der Waals surface area contributed by atoms with Crippen molar-refractivity contribution in [3.8, 4) is 0 Å². The van der Waals surface area contributed by atoms with E-state index in [1.165, 1.54) is 9.87 Å². The van der Waals surface area contributed by atoms with Crippen LogP contribution in [-0.2, 0) is 23.1 Å². The predicted octanol–water partition coefficient (Wildman–Crippen LogP) is 4.92. The van der Waals surface area contributed by atoms with Gasteiger partial charge in [-0.05, 0) is 42.0 Å². The van der Waals surface area contributed by atoms with E-state index in [1.807, 2.05) is 23.1 Å². The summed E-state index contributed by atoms with van der Waals surface area (Å²) >= 11 is 12.5. The molecule has 35 heavy (non-hydrogen) atoms. The third-order valence-corrected chi connectivity index (χ3v) is 7.92. The van der Waals surface area contributed by atoms with Crippen molar-refractivity contribution >= 4 is 44.8 Å². The standard InChI is InChI=1S/C26H27Cl2N3O3S/c1-35(33,34)31(19-23-24(27)8-5-9-25(23)28)22-12-10-21(11-13-22)26(32)30-16-14-29(15-17-30)18-20-6-3-2-4-7-20/h2-13H,14-19H2,1H3. The van der Waals surface area contributed by atoms with E-state index in [0.29, 0.717) is 39.9 Å². The lowest BCUT2D eigenvalue weighted by Gasteiger charge is -2.35. The van der Waals surface area contributed by atoms with Gasteiger partial charge in [0.1, 0.15) is 0 Å². The molecule has 1 heterocycles. The number of benzene rings is 3. The SMILES string of the molecule is CS(=O)(=O)N(Cc1c(Cl)cccc1Cl)c1ccc(C(=O)N2CCN(Cc3ccccc3)CC2)cc1. The fourth-order valence-corrected chi connectivity index (χ4v) is 5.52. The fraction of sp³-hybridized carbons (Fsp3) is 0.269. The van der Waals surface area contributed by atoms with E-state index in [9.17, 15) is 13.2 Å². The van der Waals surface area contributed by atoms with Gasteiger partial charge in [0.05, 0.1) is 18.5 Å². The van der Waals surface area contributed by atoms with Crippen LogP contribution < -0.4 is 4.31 Å². The van der Waals surface area contributed by atoms with Crippen molar-refractivity contribution in [2.75, 3.05) is 36.7 Å². The van der Waals surface area contributed by atoms with E-state index in [2.05, 4.69) is 17.0 Å². The molecule has 0 aromatic heterocycles. The lowest BCUT2D eigenvalue weighted by atomic mass is 10.1. The number of nitrogens with zero attached hydrogens (tertiary/aromatic N) is 3. The van der Waals surface area contributed by atoms with Crippen LogP contribution in [0.15, 0.2) is 72.8 Å². The lowest BCUT2D eigenvalue weighted by Crippen LogP contribution is -2.48. The zero-order valence-corrected chi connectivity index (χ0v) is 21.7. The minimum absolute atomic E-state index is 0.00595. The predicted molar refractivity (Wildman–Crippen MR) is 142 cm³/mol. The van der Waals surface area contributed by atoms with Crippen LogP contribution in [0.25, 0.3) is 0 Å². The van der Waals surface area contributed by atoms with Gasteiger partial charge in [0.15, 0.2) is 0 Å². The highest BCUT2D eigenvalue weighted by molar-refractivity contribution is 7.92. The fourth-order valence-electron chi connectivity index (χ4n) is 4.13. The van der Waals surface area contributed by atoms with Crippen molar-refractivity contribution in [3.63, 3.8) is 0 Å². The molecule has 1 aliphatic rings. The molecule has 3 aromatic rings. The molecule has 0 aliphatic carbocycles. The first-order chi connectivity index (χ1) is 16.7. The first kappa shape index (κ1) is 25.5. The molecule has 0 radical (unpaired) electrons. The molecule has 184 valence electrons. The lowest BCUT2D eigenvalue weighted by molar-refractivity contribution is 0.0628. The number of hydrogen-bond acceptors (Lipinski definition) is 4. The topological polar surface area (TPSA) is 60.9 Å². The van der Waals surface area contributed by atoms with Gasteiger partial charge in [0, 0.05) is 53.9 Å². The van der Waals surface area contributed by atoms with Crippen LogP contribution in [0, 0.1) is 0 Å². The Morgan fingerprint density at radius 1 is 0.857 bits per heavy atom. The summed E-state index contributed by atoms with van der Waals surface area (Å²) in [6.45, 7) is 3.77. The summed E-state index contributed by atoms with van der Waals surface area (Å²) in [5, 5.41) is 0.786. The van der Waals surface area contributed by atoms with Gasteiger partial charge in [0.25, 0.3) is 5.91 Å². The quantitative estimate of drug-likeness (QED) is 0.434. The largest absolute Gasteiger partial charge is 0.336 e. The molecule has 0 bridgehead atoms. The molecular formula is C26H27Cl2N3O3S. The van der Waals surface area contributed by atoms with Crippen LogP contribution in [0.2, 0.25) is 10.0 Å². The number of carbonyl (C=O) groups is 1. The number of sulfonamides is 1. The number of anilines is 1. The molecule has 1 fully saturated rings. The summed E-state index contributed by atoms with van der Waals surface area (Å²) in [5.74, 6) is -0.0593. The van der Waals surface area contributed by atoms with Gasteiger partial charge in [-0.1, -0.05) is 59.6 Å². The van der Waals surface area contributed by atoms with Gasteiger partial charge in [-0.3, -0.25) is 14.0 Å². The van der Waals surface area contributed by atoms with E-state index in [0.717, 1.165) is 25.9 Å². The highest BCUT2D eigenvalue weighted by Gasteiger charge is 2.24. The van der Waals surface area contributed by atoms with Gasteiger partial charge in [-0.25, -0.2) is 8.42 Å². The van der Waals surface area contributed by atoms with Crippen molar-refractivity contribution in [3.05, 3.63) is 99.5 Å². The molecule has 4 rings (SSSR count). The van der Waals surface area contributed by atoms with Gasteiger partial charge in [-0.15, -0.1) is 0 Å². The number of amides is 1. The smallest absolute Gasteiger partial charge is 0.253 e. The molecule has 0 atom stereocenters. The van der Waals surface area contributed by atoms with E-state index < -0.39 is 10.0 Å². The third-order valence-electron chi connectivity index (χ3n) is 6.07. The van der Waals surface area contributed by atoms with Crippen LogP contribution in [0.5, 0.6) is 0 Å². The Morgan fingerprint density at radius 3 is 2.03 bits per heavy atom.